The van der Waals surface area contributed by atoms with Crippen LogP contribution in [-0.2, 0) is 0 Å². The molecule has 0 radical (unpaired) electrons. The quantitative estimate of drug-likeness (QED) is 0.249. The van der Waals surface area contributed by atoms with Crippen LogP contribution in [0, 0.1) is 40.7 Å². The van der Waals surface area contributed by atoms with E-state index in [0.29, 0.717) is 0 Å². The standard InChI is InChI=1S/C13H3F8O2PS/c14-2-1-3(15)6(17)10(5(2)16)23-13(22)4-7(18)9(20)12(25-21)11(24)8(4)19/h1H,24H2. The summed E-state index contributed by atoms with van der Waals surface area (Å²) in [4.78, 5) is 10.6. The Hall–Kier alpha value is -1.87. The van der Waals surface area contributed by atoms with E-state index in [2.05, 4.69) is 4.74 Å². The molecule has 0 spiro atoms. The molecule has 0 aliphatic rings. The highest BCUT2D eigenvalue weighted by Gasteiger charge is 2.31. The number of hydrogen-bond acceptors (Lipinski definition) is 3. The minimum Gasteiger partial charge on any atom is -0.416 e. The van der Waals surface area contributed by atoms with Crippen LogP contribution in [0.5, 0.6) is 5.75 Å². The monoisotopic (exact) mass is 406 g/mol. The van der Waals surface area contributed by atoms with Crippen molar-refractivity contribution in [1.82, 2.24) is 0 Å². The zero-order valence-electron chi connectivity index (χ0n) is 11.4. The minimum absolute atomic E-state index is 0.198. The third kappa shape index (κ3) is 3.30. The van der Waals surface area contributed by atoms with Gasteiger partial charge in [-0.15, -0.1) is 9.24 Å². The summed E-state index contributed by atoms with van der Waals surface area (Å²) in [5.41, 5.74) is -1.77. The van der Waals surface area contributed by atoms with Gasteiger partial charge in [0.2, 0.25) is 17.4 Å². The predicted octanol–water partition coefficient (Wildman–Crippen LogP) is 4.36. The van der Waals surface area contributed by atoms with Crippen LogP contribution >= 0.6 is 21.4 Å². The van der Waals surface area contributed by atoms with E-state index < -0.39 is 80.4 Å². The number of ether oxygens (including phenoxy) is 1. The molecular weight excluding hydrogens is 403 g/mol. The first-order valence-corrected chi connectivity index (χ1v) is 7.20. The lowest BCUT2D eigenvalue weighted by atomic mass is 10.2. The Morgan fingerprint density at radius 2 is 1.40 bits per heavy atom. The summed E-state index contributed by atoms with van der Waals surface area (Å²) in [6.07, 6.45) is 0. The molecular formula is C13H3F8O2PS. The second-order valence-corrected chi connectivity index (χ2v) is 5.46. The van der Waals surface area contributed by atoms with Gasteiger partial charge in [-0.3, -0.25) is 0 Å². The van der Waals surface area contributed by atoms with E-state index in [4.69, 9.17) is 0 Å². The van der Waals surface area contributed by atoms with Crippen LogP contribution in [0.1, 0.15) is 10.4 Å². The minimum atomic E-state index is -2.22. The molecule has 134 valence electrons. The smallest absolute Gasteiger partial charge is 0.349 e. The van der Waals surface area contributed by atoms with E-state index in [1.165, 1.54) is 9.24 Å². The summed E-state index contributed by atoms with van der Waals surface area (Å²) in [7, 11) is 1.49. The molecule has 12 heteroatoms. The van der Waals surface area contributed by atoms with Crippen LogP contribution in [-0.4, -0.2) is 5.97 Å². The normalized spacial score (nSPS) is 10.9. The summed E-state index contributed by atoms with van der Waals surface area (Å²) >= 11 is -0.864. The van der Waals surface area contributed by atoms with Crippen molar-refractivity contribution in [2.24, 2.45) is 0 Å². The third-order valence-electron chi connectivity index (χ3n) is 2.86. The first-order valence-electron chi connectivity index (χ1n) is 5.91. The number of hydrogen-bond donors (Lipinski definition) is 0. The zero-order valence-corrected chi connectivity index (χ0v) is 13.4. The van der Waals surface area contributed by atoms with Gasteiger partial charge in [-0.25, -0.2) is 26.7 Å². The average molecular weight is 406 g/mol. The van der Waals surface area contributed by atoms with Crippen LogP contribution in [0.4, 0.5) is 34.6 Å². The summed E-state index contributed by atoms with van der Waals surface area (Å²) < 4.78 is 111. The topological polar surface area (TPSA) is 26.3 Å². The van der Waals surface area contributed by atoms with Crippen molar-refractivity contribution in [1.29, 1.82) is 0 Å². The number of halogens is 8. The van der Waals surface area contributed by atoms with Gasteiger partial charge in [0.15, 0.2) is 23.3 Å². The summed E-state index contributed by atoms with van der Waals surface area (Å²) in [5.74, 6) is -18.3. The molecule has 2 aromatic carbocycles. The maximum atomic E-state index is 14.0. The van der Waals surface area contributed by atoms with Crippen molar-refractivity contribution in [2.45, 2.75) is 4.90 Å². The molecule has 0 bridgehead atoms. The maximum absolute atomic E-state index is 14.0. The Bertz CT molecular complexity index is 834. The van der Waals surface area contributed by atoms with Gasteiger partial charge < -0.3 is 4.74 Å². The number of carbonyl (C=O) groups is 1. The van der Waals surface area contributed by atoms with Crippen molar-refractivity contribution in [3.05, 3.63) is 52.4 Å². The van der Waals surface area contributed by atoms with E-state index in [-0.39, 0.29) is 6.07 Å². The van der Waals surface area contributed by atoms with Gasteiger partial charge in [0, 0.05) is 11.4 Å². The van der Waals surface area contributed by atoms with E-state index in [0.717, 1.165) is 0 Å². The zero-order chi connectivity index (χ0) is 19.0. The summed E-state index contributed by atoms with van der Waals surface area (Å²) in [6, 6.07) is -0.198. The Balaban J connectivity index is 2.58. The van der Waals surface area contributed by atoms with Crippen molar-refractivity contribution in [3.63, 3.8) is 0 Å². The third-order valence-corrected chi connectivity index (χ3v) is 4.16. The van der Waals surface area contributed by atoms with Gasteiger partial charge >= 0.3 is 5.97 Å². The number of benzene rings is 2. The Kier molecular flexibility index (Phi) is 5.58. The summed E-state index contributed by atoms with van der Waals surface area (Å²) in [5, 5.41) is -0.912. The molecule has 0 heterocycles. The molecule has 0 amide bonds. The van der Waals surface area contributed by atoms with Crippen LogP contribution in [0.25, 0.3) is 0 Å². The molecule has 25 heavy (non-hydrogen) atoms. The molecule has 1 unspecified atom stereocenters. The molecule has 2 rings (SSSR count). The highest BCUT2D eigenvalue weighted by molar-refractivity contribution is 7.94. The highest BCUT2D eigenvalue weighted by atomic mass is 32.2. The van der Waals surface area contributed by atoms with Gasteiger partial charge in [0.25, 0.3) is 0 Å². The number of esters is 1. The fourth-order valence-corrected chi connectivity index (χ4v) is 2.43. The van der Waals surface area contributed by atoms with E-state index >= 15 is 0 Å². The molecule has 0 saturated heterocycles. The van der Waals surface area contributed by atoms with Crippen LogP contribution < -0.4 is 10.0 Å². The van der Waals surface area contributed by atoms with Crippen molar-refractivity contribution in [2.75, 3.05) is 0 Å². The van der Waals surface area contributed by atoms with Gasteiger partial charge in [0.1, 0.15) is 11.4 Å². The first-order chi connectivity index (χ1) is 11.6. The lowest BCUT2D eigenvalue weighted by Crippen LogP contribution is -2.21. The van der Waals surface area contributed by atoms with E-state index in [1.54, 1.807) is 0 Å². The largest absolute Gasteiger partial charge is 0.416 e. The number of rotatable bonds is 3. The molecule has 0 N–H and O–H groups in total. The molecule has 2 aromatic rings. The molecule has 0 aliphatic heterocycles. The van der Waals surface area contributed by atoms with Gasteiger partial charge in [-0.2, -0.15) is 12.7 Å². The SMILES string of the molecule is O=C(Oc1c(F)c(F)cc(F)c1F)c1c(F)c(F)c(SF)c(P)c1F. The molecule has 0 aromatic heterocycles. The summed E-state index contributed by atoms with van der Waals surface area (Å²) in [6.45, 7) is 0. The van der Waals surface area contributed by atoms with Crippen LogP contribution in [0.15, 0.2) is 11.0 Å². The Morgan fingerprint density at radius 3 is 1.88 bits per heavy atom. The second-order valence-electron chi connectivity index (χ2n) is 4.32. The van der Waals surface area contributed by atoms with E-state index in [9.17, 15) is 39.4 Å². The second kappa shape index (κ2) is 7.17. The molecule has 2 nitrogen and oxygen atoms in total. The van der Waals surface area contributed by atoms with Crippen molar-refractivity contribution >= 4 is 32.7 Å². The number of carbonyl (C=O) groups excluding carboxylic acids is 1. The van der Waals surface area contributed by atoms with Crippen LogP contribution in [0.3, 0.4) is 0 Å². The average Bonchev–Trinajstić information content (AvgIpc) is 2.56. The fraction of sp³-hybridized carbons (Fsp3) is 0. The van der Waals surface area contributed by atoms with Gasteiger partial charge in [-0.05, 0) is 0 Å². The maximum Gasteiger partial charge on any atom is 0.349 e. The Morgan fingerprint density at radius 1 is 0.880 bits per heavy atom. The lowest BCUT2D eigenvalue weighted by molar-refractivity contribution is 0.0705. The lowest BCUT2D eigenvalue weighted by Gasteiger charge is -2.12. The fourth-order valence-electron chi connectivity index (χ4n) is 1.70. The highest BCUT2D eigenvalue weighted by Crippen LogP contribution is 2.31. The Labute approximate surface area is 140 Å². The molecule has 1 atom stereocenters. The van der Waals surface area contributed by atoms with Crippen molar-refractivity contribution < 1.29 is 44.2 Å². The molecule has 0 fully saturated rings. The van der Waals surface area contributed by atoms with Gasteiger partial charge in [-0.1, -0.05) is 0 Å². The molecule has 0 aliphatic carbocycles. The molecule has 0 saturated carbocycles. The van der Waals surface area contributed by atoms with Gasteiger partial charge in [0.05, 0.1) is 17.0 Å². The van der Waals surface area contributed by atoms with E-state index in [1.807, 2.05) is 0 Å². The first kappa shape index (κ1) is 19.5. The van der Waals surface area contributed by atoms with Crippen molar-refractivity contribution in [3.8, 4) is 5.75 Å². The van der Waals surface area contributed by atoms with Crippen LogP contribution in [0.2, 0.25) is 0 Å². The predicted molar refractivity (Wildman–Crippen MR) is 73.9 cm³/mol.